The molecule has 5 heteroatoms. The molecule has 0 saturated carbocycles. The maximum Gasteiger partial charge on any atom is 0.241 e. The van der Waals surface area contributed by atoms with Crippen molar-refractivity contribution in [3.8, 4) is 0 Å². The Balaban J connectivity index is 2.58. The number of rotatable bonds is 5. The molecule has 0 aromatic heterocycles. The van der Waals surface area contributed by atoms with Crippen molar-refractivity contribution in [2.45, 2.75) is 13.8 Å². The van der Waals surface area contributed by atoms with Gasteiger partial charge < -0.3 is 16.0 Å². The maximum absolute atomic E-state index is 13.4. The summed E-state index contributed by atoms with van der Waals surface area (Å²) in [6.45, 7) is 5.21. The molecule has 0 aliphatic carbocycles. The molecule has 0 spiro atoms. The topological polar surface area (TPSA) is 58.4 Å². The van der Waals surface area contributed by atoms with Crippen molar-refractivity contribution in [2.24, 2.45) is 0 Å². The second-order valence-electron chi connectivity index (χ2n) is 3.66. The standard InChI is InChI=1S/C12H18FN3O/c1-3-16(4-2)12(17)8-15-11-6-5-9(14)7-10(11)13/h5-7,15H,3-4,8,14H2,1-2H3. The number of nitrogens with two attached hydrogens (primary N) is 1. The molecule has 1 rings (SSSR count). The Kier molecular flexibility index (Phi) is 4.75. The largest absolute Gasteiger partial charge is 0.399 e. The highest BCUT2D eigenvalue weighted by atomic mass is 19.1. The van der Waals surface area contributed by atoms with Crippen LogP contribution in [-0.2, 0) is 4.79 Å². The third-order valence-corrected chi connectivity index (χ3v) is 2.54. The fourth-order valence-corrected chi connectivity index (χ4v) is 1.53. The summed E-state index contributed by atoms with van der Waals surface area (Å²) in [5.41, 5.74) is 6.09. The molecule has 0 aliphatic heterocycles. The van der Waals surface area contributed by atoms with E-state index in [1.54, 1.807) is 11.0 Å². The predicted molar refractivity (Wildman–Crippen MR) is 67.2 cm³/mol. The van der Waals surface area contributed by atoms with E-state index in [-0.39, 0.29) is 12.5 Å². The Morgan fingerprint density at radius 2 is 2.06 bits per heavy atom. The molecule has 0 unspecified atom stereocenters. The van der Waals surface area contributed by atoms with E-state index >= 15 is 0 Å². The molecule has 4 nitrogen and oxygen atoms in total. The third kappa shape index (κ3) is 3.62. The van der Waals surface area contributed by atoms with Gasteiger partial charge in [0.2, 0.25) is 5.91 Å². The first-order chi connectivity index (χ1) is 8.08. The average molecular weight is 239 g/mol. The summed E-state index contributed by atoms with van der Waals surface area (Å²) in [6, 6.07) is 4.34. The van der Waals surface area contributed by atoms with Crippen molar-refractivity contribution in [3.63, 3.8) is 0 Å². The number of hydrogen-bond donors (Lipinski definition) is 2. The molecular weight excluding hydrogens is 221 g/mol. The summed E-state index contributed by atoms with van der Waals surface area (Å²) < 4.78 is 13.4. The lowest BCUT2D eigenvalue weighted by molar-refractivity contribution is -0.128. The van der Waals surface area contributed by atoms with Gasteiger partial charge in [-0.15, -0.1) is 0 Å². The van der Waals surface area contributed by atoms with Gasteiger partial charge >= 0.3 is 0 Å². The zero-order valence-corrected chi connectivity index (χ0v) is 10.2. The SMILES string of the molecule is CCN(CC)C(=O)CNc1ccc(N)cc1F. The van der Waals surface area contributed by atoms with Gasteiger partial charge in [0.25, 0.3) is 0 Å². The van der Waals surface area contributed by atoms with Crippen LogP contribution in [0.1, 0.15) is 13.8 Å². The average Bonchev–Trinajstić information content (AvgIpc) is 2.29. The van der Waals surface area contributed by atoms with Gasteiger partial charge in [0.05, 0.1) is 12.2 Å². The summed E-state index contributed by atoms with van der Waals surface area (Å²) in [6.07, 6.45) is 0. The Bertz CT molecular complexity index is 391. The van der Waals surface area contributed by atoms with Gasteiger partial charge in [0.1, 0.15) is 5.82 Å². The first-order valence-electron chi connectivity index (χ1n) is 5.65. The number of nitrogen functional groups attached to an aromatic ring is 1. The minimum Gasteiger partial charge on any atom is -0.399 e. The van der Waals surface area contributed by atoms with Crippen LogP contribution in [0, 0.1) is 5.82 Å². The van der Waals surface area contributed by atoms with Crippen LogP contribution in [0.4, 0.5) is 15.8 Å². The van der Waals surface area contributed by atoms with E-state index in [1.165, 1.54) is 12.1 Å². The number of anilines is 2. The predicted octanol–water partition coefficient (Wildman–Crippen LogP) is 1.69. The zero-order chi connectivity index (χ0) is 12.8. The van der Waals surface area contributed by atoms with Crippen molar-refractivity contribution in [1.29, 1.82) is 0 Å². The summed E-state index contributed by atoms with van der Waals surface area (Å²) in [4.78, 5) is 13.4. The summed E-state index contributed by atoms with van der Waals surface area (Å²) in [5, 5.41) is 2.77. The molecule has 0 fully saturated rings. The van der Waals surface area contributed by atoms with Crippen LogP contribution in [0.3, 0.4) is 0 Å². The fourth-order valence-electron chi connectivity index (χ4n) is 1.53. The van der Waals surface area contributed by atoms with Crippen molar-refractivity contribution in [3.05, 3.63) is 24.0 Å². The van der Waals surface area contributed by atoms with Crippen LogP contribution >= 0.6 is 0 Å². The number of benzene rings is 1. The van der Waals surface area contributed by atoms with Crippen molar-refractivity contribution < 1.29 is 9.18 Å². The van der Waals surface area contributed by atoms with E-state index < -0.39 is 5.82 Å². The molecule has 0 saturated heterocycles. The highest BCUT2D eigenvalue weighted by Gasteiger charge is 2.10. The number of halogens is 1. The van der Waals surface area contributed by atoms with Crippen LogP contribution in [0.25, 0.3) is 0 Å². The first-order valence-corrected chi connectivity index (χ1v) is 5.65. The van der Waals surface area contributed by atoms with Gasteiger partial charge in [-0.3, -0.25) is 4.79 Å². The highest BCUT2D eigenvalue weighted by molar-refractivity contribution is 5.80. The number of nitrogens with zero attached hydrogens (tertiary/aromatic N) is 1. The van der Waals surface area contributed by atoms with Gasteiger partial charge in [0.15, 0.2) is 0 Å². The molecule has 94 valence electrons. The number of likely N-dealkylation sites (N-methyl/N-ethyl adjacent to an activating group) is 1. The number of amides is 1. The molecule has 3 N–H and O–H groups in total. The molecule has 0 heterocycles. The van der Waals surface area contributed by atoms with Crippen LogP contribution in [-0.4, -0.2) is 30.4 Å². The lowest BCUT2D eigenvalue weighted by atomic mass is 10.2. The first kappa shape index (κ1) is 13.3. The normalized spacial score (nSPS) is 10.1. The third-order valence-electron chi connectivity index (χ3n) is 2.54. The minimum atomic E-state index is -0.447. The lowest BCUT2D eigenvalue weighted by Gasteiger charge is -2.19. The number of hydrogen-bond acceptors (Lipinski definition) is 3. The second-order valence-corrected chi connectivity index (χ2v) is 3.66. The van der Waals surface area contributed by atoms with E-state index in [4.69, 9.17) is 5.73 Å². The van der Waals surface area contributed by atoms with E-state index in [0.717, 1.165) is 0 Å². The Hall–Kier alpha value is -1.78. The molecule has 0 aliphatic rings. The molecule has 0 atom stereocenters. The van der Waals surface area contributed by atoms with E-state index in [2.05, 4.69) is 5.32 Å². The molecule has 1 amide bonds. The Morgan fingerprint density at radius 3 is 2.59 bits per heavy atom. The van der Waals surface area contributed by atoms with Crippen molar-refractivity contribution in [1.82, 2.24) is 4.90 Å². The number of carbonyl (C=O) groups excluding carboxylic acids is 1. The van der Waals surface area contributed by atoms with Gasteiger partial charge in [-0.05, 0) is 32.0 Å². The zero-order valence-electron chi connectivity index (χ0n) is 10.2. The molecule has 0 bridgehead atoms. The summed E-state index contributed by atoms with van der Waals surface area (Å²) in [7, 11) is 0. The van der Waals surface area contributed by atoms with Gasteiger partial charge in [0, 0.05) is 18.8 Å². The number of nitrogens with one attached hydrogen (secondary N) is 1. The lowest BCUT2D eigenvalue weighted by Crippen LogP contribution is -2.35. The molecule has 1 aromatic rings. The maximum atomic E-state index is 13.4. The van der Waals surface area contributed by atoms with Gasteiger partial charge in [-0.1, -0.05) is 0 Å². The van der Waals surface area contributed by atoms with Crippen molar-refractivity contribution >= 4 is 17.3 Å². The van der Waals surface area contributed by atoms with Crippen LogP contribution < -0.4 is 11.1 Å². The fraction of sp³-hybridized carbons (Fsp3) is 0.417. The van der Waals surface area contributed by atoms with Gasteiger partial charge in [-0.2, -0.15) is 0 Å². The summed E-state index contributed by atoms with van der Waals surface area (Å²) in [5.74, 6) is -0.497. The van der Waals surface area contributed by atoms with E-state index in [0.29, 0.717) is 24.5 Å². The van der Waals surface area contributed by atoms with Gasteiger partial charge in [-0.25, -0.2) is 4.39 Å². The Morgan fingerprint density at radius 1 is 1.41 bits per heavy atom. The highest BCUT2D eigenvalue weighted by Crippen LogP contribution is 2.16. The van der Waals surface area contributed by atoms with E-state index in [1.807, 2.05) is 13.8 Å². The minimum absolute atomic E-state index is 0.0498. The molecule has 1 aromatic carbocycles. The number of carbonyl (C=O) groups is 1. The molecular formula is C12H18FN3O. The van der Waals surface area contributed by atoms with Crippen LogP contribution in [0.2, 0.25) is 0 Å². The van der Waals surface area contributed by atoms with E-state index in [9.17, 15) is 9.18 Å². The van der Waals surface area contributed by atoms with Crippen LogP contribution in [0.15, 0.2) is 18.2 Å². The molecule has 17 heavy (non-hydrogen) atoms. The smallest absolute Gasteiger partial charge is 0.241 e. The Labute approximate surface area is 101 Å². The quantitative estimate of drug-likeness (QED) is 0.769. The van der Waals surface area contributed by atoms with Crippen molar-refractivity contribution in [2.75, 3.05) is 30.7 Å². The monoisotopic (exact) mass is 239 g/mol. The van der Waals surface area contributed by atoms with Crippen LogP contribution in [0.5, 0.6) is 0 Å². The second kappa shape index (κ2) is 6.08. The summed E-state index contributed by atoms with van der Waals surface area (Å²) >= 11 is 0. The molecule has 0 radical (unpaired) electrons.